The van der Waals surface area contributed by atoms with Gasteiger partial charge in [-0.3, -0.25) is 4.79 Å². The van der Waals surface area contributed by atoms with E-state index in [1.54, 1.807) is 25.3 Å². The van der Waals surface area contributed by atoms with Crippen molar-refractivity contribution in [1.82, 2.24) is 5.01 Å². The van der Waals surface area contributed by atoms with Crippen LogP contribution in [-0.2, 0) is 9.53 Å². The fraction of sp³-hybridized carbons (Fsp3) is 0.160. The van der Waals surface area contributed by atoms with Gasteiger partial charge in [-0.05, 0) is 41.5 Å². The summed E-state index contributed by atoms with van der Waals surface area (Å²) in [4.78, 5) is 25.3. The number of esters is 1. The summed E-state index contributed by atoms with van der Waals surface area (Å²) in [7, 11) is 1.60. The molecule has 162 valence electrons. The van der Waals surface area contributed by atoms with Gasteiger partial charge in [-0.1, -0.05) is 48.5 Å². The first-order valence-electron chi connectivity index (χ1n) is 10.2. The molecule has 0 spiro atoms. The highest BCUT2D eigenvalue weighted by atomic mass is 16.5. The van der Waals surface area contributed by atoms with E-state index in [0.717, 1.165) is 22.6 Å². The van der Waals surface area contributed by atoms with Crippen molar-refractivity contribution < 1.29 is 19.1 Å². The molecule has 1 aliphatic rings. The second-order valence-corrected chi connectivity index (χ2v) is 7.35. The second kappa shape index (κ2) is 9.34. The molecule has 1 amide bonds. The molecular formula is C25H23N3O4. The molecule has 7 nitrogen and oxygen atoms in total. The monoisotopic (exact) mass is 429 g/mol. The van der Waals surface area contributed by atoms with Crippen LogP contribution in [0.3, 0.4) is 0 Å². The number of hydrogen-bond donors (Lipinski definition) is 1. The number of carbonyl (C=O) groups excluding carboxylic acids is 2. The van der Waals surface area contributed by atoms with Gasteiger partial charge in [0, 0.05) is 12.1 Å². The van der Waals surface area contributed by atoms with Gasteiger partial charge < -0.3 is 15.2 Å². The molecule has 1 aliphatic heterocycles. The number of benzene rings is 3. The van der Waals surface area contributed by atoms with E-state index in [1.807, 2.05) is 54.6 Å². The first-order chi connectivity index (χ1) is 15.5. The van der Waals surface area contributed by atoms with Crippen molar-refractivity contribution in [2.75, 3.05) is 19.5 Å². The lowest BCUT2D eigenvalue weighted by Crippen LogP contribution is -2.31. The van der Waals surface area contributed by atoms with Crippen molar-refractivity contribution in [2.45, 2.75) is 12.5 Å². The molecule has 0 radical (unpaired) electrons. The number of hydrazone groups is 1. The molecule has 0 unspecified atom stereocenters. The zero-order chi connectivity index (χ0) is 22.5. The summed E-state index contributed by atoms with van der Waals surface area (Å²) in [6.45, 7) is -0.425. The van der Waals surface area contributed by atoms with E-state index < -0.39 is 18.5 Å². The molecule has 0 aromatic heterocycles. The average molecular weight is 429 g/mol. The van der Waals surface area contributed by atoms with E-state index >= 15 is 0 Å². The Morgan fingerprint density at radius 3 is 2.47 bits per heavy atom. The molecule has 32 heavy (non-hydrogen) atoms. The number of nitrogens with zero attached hydrogens (tertiary/aromatic N) is 2. The SMILES string of the molecule is COc1ccc([C@@H]2CC(c3ccccc3)=NN2C(=O)COC(=O)c2cccc(N)c2)cc1. The molecule has 1 heterocycles. The van der Waals surface area contributed by atoms with Gasteiger partial charge >= 0.3 is 5.97 Å². The number of carbonyl (C=O) groups is 2. The zero-order valence-corrected chi connectivity index (χ0v) is 17.6. The Morgan fingerprint density at radius 2 is 1.78 bits per heavy atom. The average Bonchev–Trinajstić information content (AvgIpc) is 3.28. The molecule has 0 saturated carbocycles. The number of anilines is 1. The Kier molecular flexibility index (Phi) is 6.17. The Bertz CT molecular complexity index is 1140. The molecule has 3 aromatic carbocycles. The van der Waals surface area contributed by atoms with E-state index in [0.29, 0.717) is 17.7 Å². The van der Waals surface area contributed by atoms with Crippen LogP contribution in [-0.4, -0.2) is 36.3 Å². The van der Waals surface area contributed by atoms with Crippen molar-refractivity contribution in [3.63, 3.8) is 0 Å². The van der Waals surface area contributed by atoms with Crippen molar-refractivity contribution in [3.05, 3.63) is 95.6 Å². The summed E-state index contributed by atoms with van der Waals surface area (Å²) < 4.78 is 10.5. The lowest BCUT2D eigenvalue weighted by molar-refractivity contribution is -0.136. The Balaban J connectivity index is 1.54. The van der Waals surface area contributed by atoms with Crippen LogP contribution in [0.4, 0.5) is 5.69 Å². The van der Waals surface area contributed by atoms with Crippen LogP contribution in [0.5, 0.6) is 5.75 Å². The molecule has 2 N–H and O–H groups in total. The molecule has 0 fully saturated rings. The lowest BCUT2D eigenvalue weighted by atomic mass is 9.98. The normalized spacial score (nSPS) is 15.2. The van der Waals surface area contributed by atoms with Crippen LogP contribution < -0.4 is 10.5 Å². The van der Waals surface area contributed by atoms with Crippen LogP contribution in [0.2, 0.25) is 0 Å². The van der Waals surface area contributed by atoms with Gasteiger partial charge in [0.25, 0.3) is 5.91 Å². The number of nitrogens with two attached hydrogens (primary N) is 1. The van der Waals surface area contributed by atoms with E-state index in [4.69, 9.17) is 15.2 Å². The molecule has 7 heteroatoms. The summed E-state index contributed by atoms with van der Waals surface area (Å²) >= 11 is 0. The zero-order valence-electron chi connectivity index (χ0n) is 17.6. The van der Waals surface area contributed by atoms with Crippen LogP contribution in [0.25, 0.3) is 0 Å². The Labute approximate surface area is 186 Å². The first kappa shape index (κ1) is 21.1. The number of nitrogen functional groups attached to an aromatic ring is 1. The number of rotatable bonds is 6. The van der Waals surface area contributed by atoms with Crippen molar-refractivity contribution in [1.29, 1.82) is 0 Å². The summed E-state index contributed by atoms with van der Waals surface area (Å²) in [6.07, 6.45) is 0.547. The van der Waals surface area contributed by atoms with Crippen LogP contribution in [0.15, 0.2) is 84.0 Å². The van der Waals surface area contributed by atoms with Gasteiger partial charge in [-0.15, -0.1) is 0 Å². The Hall–Kier alpha value is -4.13. The van der Waals surface area contributed by atoms with Gasteiger partial charge in [0.2, 0.25) is 0 Å². The first-order valence-corrected chi connectivity index (χ1v) is 10.2. The van der Waals surface area contributed by atoms with Crippen molar-refractivity contribution in [3.8, 4) is 5.75 Å². The second-order valence-electron chi connectivity index (χ2n) is 7.35. The van der Waals surface area contributed by atoms with Gasteiger partial charge in [0.1, 0.15) is 5.75 Å². The lowest BCUT2D eigenvalue weighted by Gasteiger charge is -2.22. The van der Waals surface area contributed by atoms with Crippen molar-refractivity contribution in [2.24, 2.45) is 5.10 Å². The fourth-order valence-corrected chi connectivity index (χ4v) is 3.57. The molecule has 0 saturated heterocycles. The number of ether oxygens (including phenoxy) is 2. The van der Waals surface area contributed by atoms with Crippen LogP contribution >= 0.6 is 0 Å². The van der Waals surface area contributed by atoms with E-state index in [-0.39, 0.29) is 6.04 Å². The summed E-state index contributed by atoms with van der Waals surface area (Å²) in [5.74, 6) is -0.294. The summed E-state index contributed by atoms with van der Waals surface area (Å²) in [5, 5.41) is 5.98. The third-order valence-electron chi connectivity index (χ3n) is 5.22. The molecule has 3 aromatic rings. The standard InChI is InChI=1S/C25H23N3O4/c1-31-21-12-10-18(11-13-21)23-15-22(17-6-3-2-4-7-17)27-28(23)24(29)16-32-25(30)19-8-5-9-20(26)14-19/h2-14,23H,15-16,26H2,1H3/t23-/m0/s1. The van der Waals surface area contributed by atoms with E-state index in [2.05, 4.69) is 5.10 Å². The summed E-state index contributed by atoms with van der Waals surface area (Å²) in [5.41, 5.74) is 9.10. The maximum Gasteiger partial charge on any atom is 0.338 e. The van der Waals surface area contributed by atoms with Gasteiger partial charge in [0.15, 0.2) is 6.61 Å². The molecule has 1 atom stereocenters. The van der Waals surface area contributed by atoms with Crippen LogP contribution in [0, 0.1) is 0 Å². The van der Waals surface area contributed by atoms with Gasteiger partial charge in [0.05, 0.1) is 24.4 Å². The smallest absolute Gasteiger partial charge is 0.338 e. The van der Waals surface area contributed by atoms with Crippen LogP contribution in [0.1, 0.15) is 33.9 Å². The Morgan fingerprint density at radius 1 is 1.03 bits per heavy atom. The minimum atomic E-state index is -0.613. The van der Waals surface area contributed by atoms with Gasteiger partial charge in [-0.2, -0.15) is 5.10 Å². The third kappa shape index (κ3) is 4.62. The predicted octanol–water partition coefficient (Wildman–Crippen LogP) is 3.81. The molecule has 0 aliphatic carbocycles. The molecule has 0 bridgehead atoms. The maximum absolute atomic E-state index is 13.0. The highest BCUT2D eigenvalue weighted by Gasteiger charge is 2.33. The maximum atomic E-state index is 13.0. The van der Waals surface area contributed by atoms with Crippen molar-refractivity contribution >= 4 is 23.3 Å². The minimum absolute atomic E-state index is 0.291. The third-order valence-corrected chi connectivity index (χ3v) is 5.22. The molecular weight excluding hydrogens is 406 g/mol. The quantitative estimate of drug-likeness (QED) is 0.475. The highest BCUT2D eigenvalue weighted by Crippen LogP contribution is 2.33. The van der Waals surface area contributed by atoms with E-state index in [1.165, 1.54) is 11.1 Å². The minimum Gasteiger partial charge on any atom is -0.497 e. The van der Waals surface area contributed by atoms with E-state index in [9.17, 15) is 9.59 Å². The largest absolute Gasteiger partial charge is 0.497 e. The number of methoxy groups -OCH3 is 1. The number of amides is 1. The number of hydrogen-bond acceptors (Lipinski definition) is 6. The summed E-state index contributed by atoms with van der Waals surface area (Å²) in [6, 6.07) is 23.3. The molecule has 4 rings (SSSR count). The predicted molar refractivity (Wildman–Crippen MR) is 121 cm³/mol. The van der Waals surface area contributed by atoms with Gasteiger partial charge in [-0.25, -0.2) is 9.80 Å². The fourth-order valence-electron chi connectivity index (χ4n) is 3.57. The topological polar surface area (TPSA) is 94.2 Å². The highest BCUT2D eigenvalue weighted by molar-refractivity contribution is 6.03.